The molecule has 0 saturated heterocycles. The molecule has 1 amide bonds. The van der Waals surface area contributed by atoms with E-state index in [0.29, 0.717) is 12.4 Å². The fourth-order valence-corrected chi connectivity index (χ4v) is 1.13. The van der Waals surface area contributed by atoms with E-state index in [0.717, 1.165) is 6.42 Å². The lowest BCUT2D eigenvalue weighted by atomic mass is 10.3. The van der Waals surface area contributed by atoms with Gasteiger partial charge in [-0.1, -0.05) is 6.92 Å². The molecule has 0 aliphatic carbocycles. The zero-order valence-electron chi connectivity index (χ0n) is 9.53. The van der Waals surface area contributed by atoms with Crippen molar-refractivity contribution in [2.45, 2.75) is 26.3 Å². The second-order valence-electron chi connectivity index (χ2n) is 3.45. The summed E-state index contributed by atoms with van der Waals surface area (Å²) in [6.07, 6.45) is 3.93. The molecule has 1 atom stereocenters. The first-order chi connectivity index (χ1) is 7.65. The van der Waals surface area contributed by atoms with Crippen molar-refractivity contribution in [3.8, 4) is 0 Å². The third-order valence-corrected chi connectivity index (χ3v) is 2.02. The van der Waals surface area contributed by atoms with Crippen molar-refractivity contribution < 1.29 is 4.79 Å². The molecule has 4 N–H and O–H groups in total. The van der Waals surface area contributed by atoms with Crippen LogP contribution in [0.5, 0.6) is 0 Å². The molecule has 1 rings (SSSR count). The maximum absolute atomic E-state index is 11.6. The van der Waals surface area contributed by atoms with Gasteiger partial charge in [0.1, 0.15) is 6.04 Å². The smallest absolute Gasteiger partial charge is 0.242 e. The number of nitrogens with one attached hydrogen (secondary N) is 2. The van der Waals surface area contributed by atoms with Crippen LogP contribution in [0, 0.1) is 0 Å². The van der Waals surface area contributed by atoms with Crippen molar-refractivity contribution in [2.75, 3.05) is 17.6 Å². The van der Waals surface area contributed by atoms with E-state index >= 15 is 0 Å². The Balaban J connectivity index is 2.54. The first-order valence-electron chi connectivity index (χ1n) is 5.26. The van der Waals surface area contributed by atoms with Crippen molar-refractivity contribution in [2.24, 2.45) is 0 Å². The monoisotopic (exact) mass is 223 g/mol. The SMILES string of the molecule is CCCNC(=O)C(C)Nc1nccnc1N. The summed E-state index contributed by atoms with van der Waals surface area (Å²) in [5.74, 6) is 0.645. The lowest BCUT2D eigenvalue weighted by molar-refractivity contribution is -0.121. The molecule has 0 bridgehead atoms. The summed E-state index contributed by atoms with van der Waals surface area (Å²) in [7, 11) is 0. The van der Waals surface area contributed by atoms with Crippen LogP contribution in [0.25, 0.3) is 0 Å². The lowest BCUT2D eigenvalue weighted by Gasteiger charge is -2.14. The van der Waals surface area contributed by atoms with Gasteiger partial charge in [-0.3, -0.25) is 4.79 Å². The van der Waals surface area contributed by atoms with Crippen LogP contribution in [0.4, 0.5) is 11.6 Å². The highest BCUT2D eigenvalue weighted by Gasteiger charge is 2.13. The van der Waals surface area contributed by atoms with Crippen LogP contribution in [-0.4, -0.2) is 28.5 Å². The average Bonchev–Trinajstić information content (AvgIpc) is 2.28. The van der Waals surface area contributed by atoms with Crippen LogP contribution >= 0.6 is 0 Å². The molecule has 88 valence electrons. The van der Waals surface area contributed by atoms with Crippen LogP contribution in [0.15, 0.2) is 12.4 Å². The highest BCUT2D eigenvalue weighted by atomic mass is 16.2. The summed E-state index contributed by atoms with van der Waals surface area (Å²) >= 11 is 0. The summed E-state index contributed by atoms with van der Waals surface area (Å²) in [6, 6.07) is -0.384. The van der Waals surface area contributed by atoms with E-state index in [-0.39, 0.29) is 17.8 Å². The van der Waals surface area contributed by atoms with Gasteiger partial charge in [0, 0.05) is 18.9 Å². The zero-order valence-corrected chi connectivity index (χ0v) is 9.53. The zero-order chi connectivity index (χ0) is 12.0. The Labute approximate surface area is 94.7 Å². The number of hydrogen-bond donors (Lipinski definition) is 3. The molecule has 6 nitrogen and oxygen atoms in total. The summed E-state index contributed by atoms with van der Waals surface area (Å²) in [4.78, 5) is 19.4. The van der Waals surface area contributed by atoms with Crippen LogP contribution in [0.3, 0.4) is 0 Å². The molecule has 16 heavy (non-hydrogen) atoms. The minimum Gasteiger partial charge on any atom is -0.381 e. The number of nitrogens with zero attached hydrogens (tertiary/aromatic N) is 2. The number of carbonyl (C=O) groups excluding carboxylic acids is 1. The summed E-state index contributed by atoms with van der Waals surface area (Å²) < 4.78 is 0. The highest BCUT2D eigenvalue weighted by molar-refractivity contribution is 5.84. The third-order valence-electron chi connectivity index (χ3n) is 2.02. The van der Waals surface area contributed by atoms with Gasteiger partial charge in [-0.2, -0.15) is 0 Å². The fraction of sp³-hybridized carbons (Fsp3) is 0.500. The molecule has 0 spiro atoms. The normalized spacial score (nSPS) is 11.9. The van der Waals surface area contributed by atoms with Crippen molar-refractivity contribution in [1.82, 2.24) is 15.3 Å². The van der Waals surface area contributed by atoms with E-state index in [1.165, 1.54) is 12.4 Å². The van der Waals surface area contributed by atoms with Gasteiger partial charge >= 0.3 is 0 Å². The molecule has 0 aliphatic heterocycles. The topological polar surface area (TPSA) is 92.9 Å². The Morgan fingerprint density at radius 2 is 2.19 bits per heavy atom. The number of nitrogens with two attached hydrogens (primary N) is 1. The molecule has 0 fully saturated rings. The predicted octanol–water partition coefficient (Wildman–Crippen LogP) is 0.385. The quantitative estimate of drug-likeness (QED) is 0.671. The highest BCUT2D eigenvalue weighted by Crippen LogP contribution is 2.10. The van der Waals surface area contributed by atoms with Gasteiger partial charge in [-0.15, -0.1) is 0 Å². The van der Waals surface area contributed by atoms with Gasteiger partial charge in [0.05, 0.1) is 0 Å². The minimum absolute atomic E-state index is 0.0769. The molecule has 6 heteroatoms. The van der Waals surface area contributed by atoms with Crippen LogP contribution in [0.1, 0.15) is 20.3 Å². The van der Waals surface area contributed by atoms with Crippen LogP contribution in [-0.2, 0) is 4.79 Å². The minimum atomic E-state index is -0.384. The largest absolute Gasteiger partial charge is 0.381 e. The van der Waals surface area contributed by atoms with E-state index < -0.39 is 0 Å². The molecule has 0 aliphatic rings. The Kier molecular flexibility index (Phi) is 4.50. The van der Waals surface area contributed by atoms with Crippen LogP contribution < -0.4 is 16.4 Å². The van der Waals surface area contributed by atoms with Gasteiger partial charge in [0.25, 0.3) is 0 Å². The van der Waals surface area contributed by atoms with E-state index in [1.807, 2.05) is 6.92 Å². The average molecular weight is 223 g/mol. The molecule has 0 saturated carbocycles. The van der Waals surface area contributed by atoms with E-state index in [4.69, 9.17) is 5.73 Å². The van der Waals surface area contributed by atoms with Gasteiger partial charge in [0.2, 0.25) is 5.91 Å². The fourth-order valence-electron chi connectivity index (χ4n) is 1.13. The van der Waals surface area contributed by atoms with E-state index in [2.05, 4.69) is 20.6 Å². The molecule has 0 aromatic carbocycles. The number of amides is 1. The van der Waals surface area contributed by atoms with Crippen molar-refractivity contribution in [3.63, 3.8) is 0 Å². The maximum atomic E-state index is 11.6. The lowest BCUT2D eigenvalue weighted by Crippen LogP contribution is -2.38. The van der Waals surface area contributed by atoms with E-state index in [1.54, 1.807) is 6.92 Å². The molecular formula is C10H17N5O. The first-order valence-corrected chi connectivity index (χ1v) is 5.26. The Hall–Kier alpha value is -1.85. The third kappa shape index (κ3) is 3.38. The standard InChI is InChI=1S/C10H17N5O/c1-3-4-14-10(16)7(2)15-9-8(11)12-5-6-13-9/h5-7H,3-4H2,1-2H3,(H2,11,12)(H,13,15)(H,14,16). The molecule has 1 aromatic rings. The number of carbonyl (C=O) groups is 1. The van der Waals surface area contributed by atoms with Gasteiger partial charge in [-0.25, -0.2) is 9.97 Å². The van der Waals surface area contributed by atoms with Gasteiger partial charge in [-0.05, 0) is 13.3 Å². The second-order valence-corrected chi connectivity index (χ2v) is 3.45. The predicted molar refractivity (Wildman–Crippen MR) is 62.8 cm³/mol. The maximum Gasteiger partial charge on any atom is 0.242 e. The molecule has 1 heterocycles. The van der Waals surface area contributed by atoms with Crippen LogP contribution in [0.2, 0.25) is 0 Å². The summed E-state index contributed by atoms with van der Waals surface area (Å²) in [5, 5.41) is 5.69. The van der Waals surface area contributed by atoms with Crippen molar-refractivity contribution in [3.05, 3.63) is 12.4 Å². The number of anilines is 2. The molecule has 0 radical (unpaired) electrons. The van der Waals surface area contributed by atoms with Gasteiger partial charge < -0.3 is 16.4 Å². The Morgan fingerprint density at radius 1 is 1.50 bits per heavy atom. The Morgan fingerprint density at radius 3 is 2.81 bits per heavy atom. The number of aromatic nitrogens is 2. The van der Waals surface area contributed by atoms with Crippen molar-refractivity contribution in [1.29, 1.82) is 0 Å². The second kappa shape index (κ2) is 5.89. The molecule has 1 unspecified atom stereocenters. The number of nitrogen functional groups attached to an aromatic ring is 1. The molecular weight excluding hydrogens is 206 g/mol. The number of hydrogen-bond acceptors (Lipinski definition) is 5. The summed E-state index contributed by atoms with van der Waals surface area (Å²) in [6.45, 7) is 4.42. The number of rotatable bonds is 5. The summed E-state index contributed by atoms with van der Waals surface area (Å²) in [5.41, 5.74) is 5.60. The Bertz CT molecular complexity index is 355. The van der Waals surface area contributed by atoms with Crippen molar-refractivity contribution >= 4 is 17.5 Å². The first kappa shape index (κ1) is 12.2. The molecule has 1 aromatic heterocycles. The van der Waals surface area contributed by atoms with Gasteiger partial charge in [0.15, 0.2) is 11.6 Å². The van der Waals surface area contributed by atoms with E-state index in [9.17, 15) is 4.79 Å².